The molecule has 0 saturated heterocycles. The standard InChI is InChI=1S/C59H40N5O.Ir/c1-4-12-44(13-5-1)54-28-24-40(35-61-54)20-22-42-32-43(23-21-41-25-29-55(62-36-41)45-14-6-2-7-15-45)34-48(33-42)50-19-11-10-18-49(50)47-26-30-57(63-37-47)53-39-60-38-52-51-27-31-56(46-16-8-3-9-17-46)64-59(51)65-58(52)53;/h1-12,14,16-19,24-38H,20-23H2;/q-3;+3. The van der Waals surface area contributed by atoms with Crippen LogP contribution in [-0.2, 0) is 45.8 Å². The van der Waals surface area contributed by atoms with Crippen molar-refractivity contribution in [3.05, 3.63) is 235 Å². The third-order valence-corrected chi connectivity index (χ3v) is 11.9. The molecule has 6 aromatic heterocycles. The summed E-state index contributed by atoms with van der Waals surface area (Å²) in [6.07, 6.45) is 14.4. The zero-order valence-corrected chi connectivity index (χ0v) is 38.2. The van der Waals surface area contributed by atoms with Gasteiger partial charge in [-0.25, -0.2) is 4.98 Å². The van der Waals surface area contributed by atoms with E-state index in [2.05, 4.69) is 102 Å². The van der Waals surface area contributed by atoms with Gasteiger partial charge in [0.25, 0.3) is 0 Å². The summed E-state index contributed by atoms with van der Waals surface area (Å²) in [5.41, 5.74) is 17.8. The number of pyridine rings is 5. The Morgan fingerprint density at radius 2 is 1.00 bits per heavy atom. The number of hydrogen-bond acceptors (Lipinski definition) is 6. The first-order valence-electron chi connectivity index (χ1n) is 21.9. The molecule has 6 nitrogen and oxygen atoms in total. The van der Waals surface area contributed by atoms with Gasteiger partial charge in [-0.3, -0.25) is 0 Å². The van der Waals surface area contributed by atoms with Gasteiger partial charge in [-0.1, -0.05) is 115 Å². The number of aromatic nitrogens is 5. The molecule has 316 valence electrons. The van der Waals surface area contributed by atoms with Crippen LogP contribution in [-0.4, -0.2) is 24.9 Å². The van der Waals surface area contributed by atoms with E-state index in [0.717, 1.165) is 92.6 Å². The molecule has 0 radical (unpaired) electrons. The third-order valence-electron chi connectivity index (χ3n) is 11.9. The minimum atomic E-state index is 0. The summed E-state index contributed by atoms with van der Waals surface area (Å²) in [5, 5.41) is 1.79. The van der Waals surface area contributed by atoms with Crippen molar-refractivity contribution in [1.29, 1.82) is 0 Å². The third kappa shape index (κ3) is 9.00. The zero-order valence-electron chi connectivity index (χ0n) is 35.8. The number of nitrogens with zero attached hydrogens (tertiary/aromatic N) is 5. The molecule has 0 aliphatic carbocycles. The predicted octanol–water partition coefficient (Wildman–Crippen LogP) is 13.5. The average molecular weight is 1030 g/mol. The zero-order chi connectivity index (χ0) is 43.4. The van der Waals surface area contributed by atoms with E-state index in [1.165, 1.54) is 27.8 Å². The molecule has 0 unspecified atom stereocenters. The van der Waals surface area contributed by atoms with Crippen molar-refractivity contribution in [2.75, 3.05) is 0 Å². The van der Waals surface area contributed by atoms with Gasteiger partial charge in [0.1, 0.15) is 0 Å². The smallest absolute Gasteiger partial charge is 0.486 e. The van der Waals surface area contributed by atoms with Crippen LogP contribution in [0.5, 0.6) is 0 Å². The normalized spacial score (nSPS) is 11.2. The summed E-state index contributed by atoms with van der Waals surface area (Å²) in [6.45, 7) is 0. The average Bonchev–Trinajstić information content (AvgIpc) is 3.77. The van der Waals surface area contributed by atoms with E-state index in [-0.39, 0.29) is 20.1 Å². The van der Waals surface area contributed by atoms with Gasteiger partial charge in [0.15, 0.2) is 0 Å². The molecule has 0 amide bonds. The molecule has 0 N–H and O–H groups in total. The molecule has 11 aromatic rings. The quantitative estimate of drug-likeness (QED) is 0.113. The Kier molecular flexibility index (Phi) is 12.3. The molecule has 6 heterocycles. The van der Waals surface area contributed by atoms with E-state index in [1.807, 2.05) is 110 Å². The second-order valence-corrected chi connectivity index (χ2v) is 16.2. The van der Waals surface area contributed by atoms with Crippen molar-refractivity contribution < 1.29 is 24.5 Å². The minimum absolute atomic E-state index is 0. The van der Waals surface area contributed by atoms with Crippen molar-refractivity contribution in [2.24, 2.45) is 0 Å². The summed E-state index contributed by atoms with van der Waals surface area (Å²) in [4.78, 5) is 23.9. The van der Waals surface area contributed by atoms with Crippen LogP contribution in [0.3, 0.4) is 0 Å². The van der Waals surface area contributed by atoms with Crippen LogP contribution in [0.25, 0.3) is 89.4 Å². The number of fused-ring (bicyclic) bond motifs is 3. The molecular weight excluding hydrogens is 987 g/mol. The van der Waals surface area contributed by atoms with Crippen LogP contribution in [0.1, 0.15) is 22.3 Å². The molecule has 0 atom stereocenters. The Labute approximate surface area is 397 Å². The van der Waals surface area contributed by atoms with Crippen LogP contribution in [0, 0.1) is 18.3 Å². The monoisotopic (exact) mass is 1030 g/mol. The van der Waals surface area contributed by atoms with Gasteiger partial charge in [-0.15, -0.1) is 71.8 Å². The maximum Gasteiger partial charge on any atom is 3.00 e. The maximum atomic E-state index is 6.43. The number of hydrogen-bond donors (Lipinski definition) is 0. The van der Waals surface area contributed by atoms with Gasteiger partial charge in [0.05, 0.1) is 11.3 Å². The van der Waals surface area contributed by atoms with Gasteiger partial charge < -0.3 is 24.4 Å². The Morgan fingerprint density at radius 1 is 0.424 bits per heavy atom. The van der Waals surface area contributed by atoms with Crippen LogP contribution < -0.4 is 0 Å². The maximum absolute atomic E-state index is 6.43. The molecule has 0 aliphatic heterocycles. The van der Waals surface area contributed by atoms with Crippen LogP contribution in [0.4, 0.5) is 0 Å². The van der Waals surface area contributed by atoms with Crippen molar-refractivity contribution in [1.82, 2.24) is 24.9 Å². The van der Waals surface area contributed by atoms with Gasteiger partial charge >= 0.3 is 20.1 Å². The molecule has 5 aromatic carbocycles. The van der Waals surface area contributed by atoms with Gasteiger partial charge in [0, 0.05) is 29.5 Å². The molecule has 0 aliphatic rings. The predicted molar refractivity (Wildman–Crippen MR) is 260 cm³/mol. The van der Waals surface area contributed by atoms with Gasteiger partial charge in [-0.2, -0.15) is 0 Å². The fraction of sp³-hybridized carbons (Fsp3) is 0.0678. The fourth-order valence-corrected chi connectivity index (χ4v) is 8.51. The van der Waals surface area contributed by atoms with E-state index in [4.69, 9.17) is 24.4 Å². The van der Waals surface area contributed by atoms with E-state index < -0.39 is 0 Å². The van der Waals surface area contributed by atoms with Crippen molar-refractivity contribution in [3.8, 4) is 67.3 Å². The second-order valence-electron chi connectivity index (χ2n) is 16.2. The summed E-state index contributed by atoms with van der Waals surface area (Å²) < 4.78 is 6.43. The summed E-state index contributed by atoms with van der Waals surface area (Å²) in [5.74, 6) is 0. The first-order valence-corrected chi connectivity index (χ1v) is 21.9. The Balaban J connectivity index is 0.00000511. The molecule has 0 spiro atoms. The topological polar surface area (TPSA) is 77.6 Å². The molecular formula is C59H40IrN5O. The Bertz CT molecular complexity index is 3290. The molecule has 11 rings (SSSR count). The van der Waals surface area contributed by atoms with Gasteiger partial charge in [0.2, 0.25) is 5.71 Å². The number of furan rings is 1. The number of benzene rings is 5. The first-order chi connectivity index (χ1) is 32.2. The number of rotatable bonds is 12. The van der Waals surface area contributed by atoms with E-state index in [0.29, 0.717) is 16.9 Å². The van der Waals surface area contributed by atoms with Crippen molar-refractivity contribution in [3.63, 3.8) is 0 Å². The van der Waals surface area contributed by atoms with Crippen molar-refractivity contribution in [2.45, 2.75) is 25.7 Å². The SMILES string of the molecule is [Ir+3].[c-]1ccccc1-c1ccc(CCc2cc(CCc3ccc(-c4[c-]cccc4)nc3)cc(-c3ccccc3-c3ccc(-c4[c-]ncc5c4oc4nc(-c6ccccc6)ccc45)nc3)c2)cn1. The summed E-state index contributed by atoms with van der Waals surface area (Å²) in [6, 6.07) is 65.1. The van der Waals surface area contributed by atoms with E-state index in [9.17, 15) is 0 Å². The molecule has 0 saturated carbocycles. The van der Waals surface area contributed by atoms with Crippen LogP contribution >= 0.6 is 0 Å². The minimum Gasteiger partial charge on any atom is -0.486 e. The largest absolute Gasteiger partial charge is 3.00 e. The Hall–Kier alpha value is -7.70. The first kappa shape index (κ1) is 42.3. The van der Waals surface area contributed by atoms with Crippen LogP contribution in [0.15, 0.2) is 199 Å². The van der Waals surface area contributed by atoms with E-state index >= 15 is 0 Å². The molecule has 0 fully saturated rings. The molecule has 7 heteroatoms. The summed E-state index contributed by atoms with van der Waals surface area (Å²) in [7, 11) is 0. The summed E-state index contributed by atoms with van der Waals surface area (Å²) >= 11 is 0. The second kappa shape index (κ2) is 19.2. The number of aryl methyl sites for hydroxylation is 4. The van der Waals surface area contributed by atoms with E-state index in [1.54, 1.807) is 6.20 Å². The molecule has 66 heavy (non-hydrogen) atoms. The Morgan fingerprint density at radius 3 is 1.59 bits per heavy atom. The van der Waals surface area contributed by atoms with Gasteiger partial charge in [-0.05, 0) is 117 Å². The van der Waals surface area contributed by atoms with Crippen molar-refractivity contribution >= 4 is 22.1 Å². The van der Waals surface area contributed by atoms with Crippen LogP contribution in [0.2, 0.25) is 0 Å². The fourth-order valence-electron chi connectivity index (χ4n) is 8.51. The molecule has 0 bridgehead atoms.